The van der Waals surface area contributed by atoms with Crippen LogP contribution in [0, 0.1) is 17.8 Å². The number of nitrogens with one attached hydrogen (secondary N) is 1. The first-order valence-corrected chi connectivity index (χ1v) is 10.2. The van der Waals surface area contributed by atoms with Crippen LogP contribution in [0.5, 0.6) is 11.5 Å². The molecule has 3 heterocycles. The van der Waals surface area contributed by atoms with Crippen LogP contribution in [0.1, 0.15) is 17.7 Å². The van der Waals surface area contributed by atoms with Gasteiger partial charge in [-0.25, -0.2) is 4.98 Å². The number of amides is 2. The van der Waals surface area contributed by atoms with Crippen molar-refractivity contribution in [3.63, 3.8) is 0 Å². The van der Waals surface area contributed by atoms with Crippen LogP contribution in [0.15, 0.2) is 66.9 Å². The highest BCUT2D eigenvalue weighted by Crippen LogP contribution is 2.37. The van der Waals surface area contributed by atoms with Crippen molar-refractivity contribution in [2.24, 2.45) is 5.92 Å². The van der Waals surface area contributed by atoms with E-state index in [-0.39, 0.29) is 25.0 Å². The topological polar surface area (TPSA) is 80.8 Å². The summed E-state index contributed by atoms with van der Waals surface area (Å²) in [5.74, 6) is 6.56. The molecule has 3 aromatic rings. The lowest BCUT2D eigenvalue weighted by molar-refractivity contribution is -0.122. The molecule has 1 atom stereocenters. The van der Waals surface area contributed by atoms with E-state index in [0.717, 1.165) is 5.56 Å². The zero-order chi connectivity index (χ0) is 21.9. The third kappa shape index (κ3) is 4.12. The van der Waals surface area contributed by atoms with Gasteiger partial charge in [0.15, 0.2) is 11.5 Å². The molecular formula is C25H19N3O4. The Balaban J connectivity index is 1.26. The Morgan fingerprint density at radius 3 is 2.81 bits per heavy atom. The second kappa shape index (κ2) is 8.44. The molecule has 0 bridgehead atoms. The van der Waals surface area contributed by atoms with Crippen LogP contribution in [0.2, 0.25) is 0 Å². The van der Waals surface area contributed by atoms with E-state index >= 15 is 0 Å². The summed E-state index contributed by atoms with van der Waals surface area (Å²) in [5, 5.41) is 2.91. The van der Waals surface area contributed by atoms with E-state index in [1.54, 1.807) is 41.4 Å². The van der Waals surface area contributed by atoms with Gasteiger partial charge in [-0.3, -0.25) is 9.59 Å². The number of rotatable bonds is 3. The maximum atomic E-state index is 12.8. The molecule has 2 aliphatic rings. The molecule has 0 spiro atoms. The van der Waals surface area contributed by atoms with Gasteiger partial charge in [0.2, 0.25) is 18.6 Å². The highest BCUT2D eigenvalue weighted by atomic mass is 16.7. The summed E-state index contributed by atoms with van der Waals surface area (Å²) in [6.07, 6.45) is 1.84. The van der Waals surface area contributed by atoms with Gasteiger partial charge in [-0.1, -0.05) is 18.1 Å². The maximum absolute atomic E-state index is 12.8. The average Bonchev–Trinajstić information content (AvgIpc) is 3.44. The highest BCUT2D eigenvalue weighted by molar-refractivity contribution is 6.03. The zero-order valence-corrected chi connectivity index (χ0v) is 17.1. The van der Waals surface area contributed by atoms with Crippen LogP contribution in [0.3, 0.4) is 0 Å². The summed E-state index contributed by atoms with van der Waals surface area (Å²) in [6, 6.07) is 18.2. The van der Waals surface area contributed by atoms with Crippen LogP contribution >= 0.6 is 0 Å². The van der Waals surface area contributed by atoms with Crippen LogP contribution < -0.4 is 19.7 Å². The van der Waals surface area contributed by atoms with Gasteiger partial charge < -0.3 is 19.7 Å². The third-order valence-corrected chi connectivity index (χ3v) is 5.29. The number of carbonyl (C=O) groups excluding carboxylic acids is 2. The molecule has 7 heteroatoms. The van der Waals surface area contributed by atoms with Gasteiger partial charge in [0.1, 0.15) is 5.69 Å². The van der Waals surface area contributed by atoms with Gasteiger partial charge in [0.25, 0.3) is 0 Å². The SMILES string of the molecule is O=C(Nc1cccc(C#Cc2ccccn2)c1)[C@H]1CC(=O)N(c2ccc3c(c2)OCO3)C1. The molecule has 2 amide bonds. The highest BCUT2D eigenvalue weighted by Gasteiger charge is 2.35. The van der Waals surface area contributed by atoms with Crippen molar-refractivity contribution in [3.05, 3.63) is 78.1 Å². The lowest BCUT2D eigenvalue weighted by Gasteiger charge is -2.17. The molecular weight excluding hydrogens is 406 g/mol. The fourth-order valence-electron chi connectivity index (χ4n) is 3.68. The van der Waals surface area contributed by atoms with Crippen molar-refractivity contribution in [2.75, 3.05) is 23.6 Å². The summed E-state index contributed by atoms with van der Waals surface area (Å²) >= 11 is 0. The Morgan fingerprint density at radius 1 is 1.03 bits per heavy atom. The van der Waals surface area contributed by atoms with E-state index in [0.29, 0.717) is 35.1 Å². The number of carbonyl (C=O) groups is 2. The molecule has 7 nitrogen and oxygen atoms in total. The standard InChI is InChI=1S/C25H19N3O4/c29-24-13-18(15-28(24)21-9-10-22-23(14-21)32-16-31-22)25(30)27-20-6-3-4-17(12-20)7-8-19-5-1-2-11-26-19/h1-6,9-12,14,18H,13,15-16H2,(H,27,30)/t18-/m0/s1. The van der Waals surface area contributed by atoms with Crippen molar-refractivity contribution in [2.45, 2.75) is 6.42 Å². The van der Waals surface area contributed by atoms with Crippen molar-refractivity contribution in [1.82, 2.24) is 4.98 Å². The fraction of sp³-hybridized carbons (Fsp3) is 0.160. The molecule has 0 radical (unpaired) electrons. The fourth-order valence-corrected chi connectivity index (χ4v) is 3.68. The Hall–Kier alpha value is -4.31. The van der Waals surface area contributed by atoms with E-state index in [4.69, 9.17) is 9.47 Å². The van der Waals surface area contributed by atoms with Gasteiger partial charge in [0.05, 0.1) is 5.92 Å². The summed E-state index contributed by atoms with van der Waals surface area (Å²) < 4.78 is 10.7. The first-order valence-electron chi connectivity index (χ1n) is 10.2. The van der Waals surface area contributed by atoms with Crippen LogP contribution in [0.25, 0.3) is 0 Å². The minimum atomic E-state index is -0.448. The first-order chi connectivity index (χ1) is 15.7. The number of fused-ring (bicyclic) bond motifs is 1. The van der Waals surface area contributed by atoms with E-state index in [1.807, 2.05) is 30.3 Å². The van der Waals surface area contributed by atoms with Crippen LogP contribution in [-0.4, -0.2) is 30.1 Å². The average molecular weight is 425 g/mol. The zero-order valence-electron chi connectivity index (χ0n) is 17.1. The molecule has 0 saturated carbocycles. The van der Waals surface area contributed by atoms with E-state index in [2.05, 4.69) is 22.1 Å². The second-order valence-electron chi connectivity index (χ2n) is 7.48. The number of nitrogens with zero attached hydrogens (tertiary/aromatic N) is 2. The minimum absolute atomic E-state index is 0.0982. The Morgan fingerprint density at radius 2 is 1.94 bits per heavy atom. The molecule has 1 N–H and O–H groups in total. The first kappa shape index (κ1) is 19.6. The number of hydrogen-bond acceptors (Lipinski definition) is 5. The van der Waals surface area contributed by atoms with Crippen molar-refractivity contribution < 1.29 is 19.1 Å². The van der Waals surface area contributed by atoms with Crippen molar-refractivity contribution in [3.8, 4) is 23.3 Å². The maximum Gasteiger partial charge on any atom is 0.231 e. The number of aromatic nitrogens is 1. The third-order valence-electron chi connectivity index (χ3n) is 5.29. The Bertz CT molecular complexity index is 1250. The molecule has 1 aromatic heterocycles. The molecule has 32 heavy (non-hydrogen) atoms. The molecule has 2 aliphatic heterocycles. The second-order valence-corrected chi connectivity index (χ2v) is 7.48. The minimum Gasteiger partial charge on any atom is -0.454 e. The molecule has 1 fully saturated rings. The van der Waals surface area contributed by atoms with E-state index < -0.39 is 5.92 Å². The normalized spacial score (nSPS) is 16.4. The molecule has 158 valence electrons. The largest absolute Gasteiger partial charge is 0.454 e. The van der Waals surface area contributed by atoms with Gasteiger partial charge in [-0.2, -0.15) is 0 Å². The number of ether oxygens (including phenoxy) is 2. The molecule has 1 saturated heterocycles. The number of anilines is 2. The Labute approximate surface area is 185 Å². The Kier molecular flexibility index (Phi) is 5.18. The van der Waals surface area contributed by atoms with Gasteiger partial charge in [-0.05, 0) is 48.4 Å². The molecule has 0 unspecified atom stereocenters. The smallest absolute Gasteiger partial charge is 0.231 e. The molecule has 5 rings (SSSR count). The monoisotopic (exact) mass is 425 g/mol. The number of benzene rings is 2. The summed E-state index contributed by atoms with van der Waals surface area (Å²) in [5.41, 5.74) is 2.77. The van der Waals surface area contributed by atoms with Crippen molar-refractivity contribution in [1.29, 1.82) is 0 Å². The molecule has 2 aromatic carbocycles. The number of hydrogen-bond donors (Lipinski definition) is 1. The summed E-state index contributed by atoms with van der Waals surface area (Å²) in [7, 11) is 0. The summed E-state index contributed by atoms with van der Waals surface area (Å²) in [6.45, 7) is 0.479. The van der Waals surface area contributed by atoms with Gasteiger partial charge in [0, 0.05) is 42.2 Å². The van der Waals surface area contributed by atoms with Crippen molar-refractivity contribution >= 4 is 23.2 Å². The predicted octanol–water partition coefficient (Wildman–Crippen LogP) is 3.20. The van der Waals surface area contributed by atoms with E-state index in [9.17, 15) is 9.59 Å². The van der Waals surface area contributed by atoms with Crippen LogP contribution in [-0.2, 0) is 9.59 Å². The predicted molar refractivity (Wildman–Crippen MR) is 118 cm³/mol. The summed E-state index contributed by atoms with van der Waals surface area (Å²) in [4.78, 5) is 31.2. The molecule has 0 aliphatic carbocycles. The van der Waals surface area contributed by atoms with Gasteiger partial charge in [-0.15, -0.1) is 0 Å². The lowest BCUT2D eigenvalue weighted by atomic mass is 10.1. The van der Waals surface area contributed by atoms with Gasteiger partial charge >= 0.3 is 0 Å². The van der Waals surface area contributed by atoms with Crippen LogP contribution in [0.4, 0.5) is 11.4 Å². The van der Waals surface area contributed by atoms with E-state index in [1.165, 1.54) is 0 Å². The number of pyridine rings is 1. The quantitative estimate of drug-likeness (QED) is 0.652. The lowest BCUT2D eigenvalue weighted by Crippen LogP contribution is -2.28.